The largest absolute Gasteiger partial charge is 0.398 e. The highest BCUT2D eigenvalue weighted by molar-refractivity contribution is 7.89. The summed E-state index contributed by atoms with van der Waals surface area (Å²) in [5.41, 5.74) is 10.6. The van der Waals surface area contributed by atoms with Crippen molar-refractivity contribution in [3.8, 4) is 0 Å². The number of rotatable bonds is 4. The minimum absolute atomic E-state index is 0.131. The van der Waals surface area contributed by atoms with Gasteiger partial charge < -0.3 is 11.5 Å². The number of carbonyl (C=O) groups excluding carboxylic acids is 1. The van der Waals surface area contributed by atoms with Crippen LogP contribution >= 0.6 is 0 Å². The monoisotopic (exact) mass is 315 g/mol. The molecule has 1 fully saturated rings. The molecule has 1 aromatic rings. The second-order valence-electron chi connectivity index (χ2n) is 5.23. The lowest BCUT2D eigenvalue weighted by molar-refractivity contribution is -0.122. The first-order chi connectivity index (χ1) is 9.81. The van der Waals surface area contributed by atoms with Crippen LogP contribution in [0.5, 0.6) is 0 Å². The van der Waals surface area contributed by atoms with Crippen molar-refractivity contribution in [1.29, 1.82) is 0 Å². The summed E-state index contributed by atoms with van der Waals surface area (Å²) < 4.78 is 40.6. The Labute approximate surface area is 122 Å². The number of hydrogen-bond acceptors (Lipinski definition) is 4. The summed E-state index contributed by atoms with van der Waals surface area (Å²) in [4.78, 5) is 10.5. The standard InChI is InChI=1S/C13H18FN3O3S/c14-10-2-1-3-11(15)12(10)21(19,20)17-9-6-4-8(5-7-9)13(16)18/h1-3,8-9,17H,4-7,15H2,(H2,16,18). The van der Waals surface area contributed by atoms with E-state index in [1.54, 1.807) is 0 Å². The quantitative estimate of drug-likeness (QED) is 0.710. The van der Waals surface area contributed by atoms with Crippen molar-refractivity contribution in [1.82, 2.24) is 4.72 Å². The summed E-state index contributed by atoms with van der Waals surface area (Å²) in [6.07, 6.45) is 2.02. The van der Waals surface area contributed by atoms with Gasteiger partial charge in [-0.25, -0.2) is 17.5 Å². The third kappa shape index (κ3) is 3.51. The highest BCUT2D eigenvalue weighted by Crippen LogP contribution is 2.27. The number of benzene rings is 1. The van der Waals surface area contributed by atoms with Crippen LogP contribution in [-0.4, -0.2) is 20.4 Å². The normalized spacial score (nSPS) is 22.9. The van der Waals surface area contributed by atoms with Gasteiger partial charge in [0.25, 0.3) is 0 Å². The van der Waals surface area contributed by atoms with Crippen LogP contribution < -0.4 is 16.2 Å². The molecule has 1 aliphatic rings. The van der Waals surface area contributed by atoms with Crippen molar-refractivity contribution in [3.63, 3.8) is 0 Å². The molecule has 1 amide bonds. The number of anilines is 1. The molecule has 0 heterocycles. The SMILES string of the molecule is NC(=O)C1CCC(NS(=O)(=O)c2c(N)cccc2F)CC1. The van der Waals surface area contributed by atoms with Crippen molar-refractivity contribution >= 4 is 21.6 Å². The van der Waals surface area contributed by atoms with Gasteiger partial charge in [-0.3, -0.25) is 4.79 Å². The molecule has 116 valence electrons. The van der Waals surface area contributed by atoms with E-state index in [4.69, 9.17) is 11.5 Å². The number of nitrogen functional groups attached to an aromatic ring is 1. The molecule has 5 N–H and O–H groups in total. The van der Waals surface area contributed by atoms with E-state index in [0.717, 1.165) is 6.07 Å². The van der Waals surface area contributed by atoms with Crippen LogP contribution in [0.25, 0.3) is 0 Å². The third-order valence-corrected chi connectivity index (χ3v) is 5.33. The van der Waals surface area contributed by atoms with E-state index in [1.807, 2.05) is 0 Å². The third-order valence-electron chi connectivity index (χ3n) is 3.72. The molecule has 0 aromatic heterocycles. The van der Waals surface area contributed by atoms with Crippen LogP contribution in [0.15, 0.2) is 23.1 Å². The first-order valence-corrected chi connectivity index (χ1v) is 8.15. The van der Waals surface area contributed by atoms with Gasteiger partial charge in [-0.1, -0.05) is 6.07 Å². The van der Waals surface area contributed by atoms with Gasteiger partial charge in [-0.05, 0) is 37.8 Å². The molecule has 0 aliphatic heterocycles. The molecule has 0 spiro atoms. The van der Waals surface area contributed by atoms with Crippen molar-refractivity contribution < 1.29 is 17.6 Å². The maximum atomic E-state index is 13.7. The first-order valence-electron chi connectivity index (χ1n) is 6.67. The smallest absolute Gasteiger partial charge is 0.245 e. The second kappa shape index (κ2) is 5.98. The highest BCUT2D eigenvalue weighted by atomic mass is 32.2. The number of hydrogen-bond donors (Lipinski definition) is 3. The number of nitrogens with one attached hydrogen (secondary N) is 1. The van der Waals surface area contributed by atoms with Crippen LogP contribution in [0.4, 0.5) is 10.1 Å². The summed E-state index contributed by atoms with van der Waals surface area (Å²) >= 11 is 0. The number of sulfonamides is 1. The Morgan fingerprint density at radius 2 is 1.86 bits per heavy atom. The first kappa shape index (κ1) is 15.7. The van der Waals surface area contributed by atoms with Crippen molar-refractivity contribution in [2.24, 2.45) is 11.7 Å². The maximum Gasteiger partial charge on any atom is 0.245 e. The van der Waals surface area contributed by atoms with Gasteiger partial charge in [0.05, 0.1) is 5.69 Å². The Kier molecular flexibility index (Phi) is 4.48. The summed E-state index contributed by atoms with van der Waals surface area (Å²) in [7, 11) is -4.03. The summed E-state index contributed by atoms with van der Waals surface area (Å²) in [6, 6.07) is 3.39. The van der Waals surface area contributed by atoms with E-state index in [1.165, 1.54) is 12.1 Å². The topological polar surface area (TPSA) is 115 Å². The summed E-state index contributed by atoms with van der Waals surface area (Å²) in [6.45, 7) is 0. The molecular formula is C13H18FN3O3S. The number of primary amides is 1. The maximum absolute atomic E-state index is 13.7. The molecule has 8 heteroatoms. The van der Waals surface area contributed by atoms with E-state index < -0.39 is 20.7 Å². The van der Waals surface area contributed by atoms with Crippen molar-refractivity contribution in [2.75, 3.05) is 5.73 Å². The molecule has 0 bridgehead atoms. The Morgan fingerprint density at radius 1 is 1.24 bits per heavy atom. The molecule has 0 saturated heterocycles. The predicted molar refractivity (Wildman–Crippen MR) is 76.1 cm³/mol. The van der Waals surface area contributed by atoms with Crippen LogP contribution in [0.1, 0.15) is 25.7 Å². The zero-order chi connectivity index (χ0) is 15.6. The van der Waals surface area contributed by atoms with Crippen LogP contribution in [0.3, 0.4) is 0 Å². The minimum atomic E-state index is -4.03. The summed E-state index contributed by atoms with van der Waals surface area (Å²) in [5, 5.41) is 0. The zero-order valence-electron chi connectivity index (χ0n) is 11.4. The Balaban J connectivity index is 2.11. The predicted octanol–water partition coefficient (Wildman–Crippen LogP) is 0.730. The molecule has 6 nitrogen and oxygen atoms in total. The number of nitrogens with two attached hydrogens (primary N) is 2. The lowest BCUT2D eigenvalue weighted by Crippen LogP contribution is -2.40. The highest BCUT2D eigenvalue weighted by Gasteiger charge is 2.30. The average molecular weight is 315 g/mol. The Bertz CT molecular complexity index is 620. The van der Waals surface area contributed by atoms with Gasteiger partial charge in [0.2, 0.25) is 15.9 Å². The Hall–Kier alpha value is -1.67. The average Bonchev–Trinajstić information content (AvgIpc) is 2.38. The van der Waals surface area contributed by atoms with Crippen molar-refractivity contribution in [3.05, 3.63) is 24.0 Å². The molecule has 1 saturated carbocycles. The van der Waals surface area contributed by atoms with Gasteiger partial charge in [0, 0.05) is 12.0 Å². The van der Waals surface area contributed by atoms with Gasteiger partial charge in [0.15, 0.2) is 0 Å². The van der Waals surface area contributed by atoms with Gasteiger partial charge >= 0.3 is 0 Å². The molecule has 1 aliphatic carbocycles. The van der Waals surface area contributed by atoms with Gasteiger partial charge in [0.1, 0.15) is 10.7 Å². The Morgan fingerprint density at radius 3 is 2.38 bits per heavy atom. The second-order valence-corrected chi connectivity index (χ2v) is 6.88. The minimum Gasteiger partial charge on any atom is -0.398 e. The van der Waals surface area contributed by atoms with E-state index in [-0.39, 0.29) is 23.6 Å². The van der Waals surface area contributed by atoms with Gasteiger partial charge in [-0.2, -0.15) is 0 Å². The molecule has 21 heavy (non-hydrogen) atoms. The van der Waals surface area contributed by atoms with Crippen LogP contribution in [0.2, 0.25) is 0 Å². The van der Waals surface area contributed by atoms with E-state index in [0.29, 0.717) is 25.7 Å². The fraction of sp³-hybridized carbons (Fsp3) is 0.462. The molecule has 1 aromatic carbocycles. The number of carbonyl (C=O) groups is 1. The van der Waals surface area contributed by atoms with Gasteiger partial charge in [-0.15, -0.1) is 0 Å². The van der Waals surface area contributed by atoms with E-state index in [2.05, 4.69) is 4.72 Å². The lowest BCUT2D eigenvalue weighted by atomic mass is 9.86. The number of halogens is 1. The fourth-order valence-corrected chi connectivity index (χ4v) is 4.08. The summed E-state index contributed by atoms with van der Waals surface area (Å²) in [5.74, 6) is -1.47. The number of amides is 1. The van der Waals surface area contributed by atoms with E-state index >= 15 is 0 Å². The van der Waals surface area contributed by atoms with Crippen molar-refractivity contribution in [2.45, 2.75) is 36.6 Å². The van der Waals surface area contributed by atoms with Crippen LogP contribution in [0, 0.1) is 11.7 Å². The molecule has 0 atom stereocenters. The fourth-order valence-electron chi connectivity index (χ4n) is 2.58. The molecule has 2 rings (SSSR count). The van der Waals surface area contributed by atoms with E-state index in [9.17, 15) is 17.6 Å². The lowest BCUT2D eigenvalue weighted by Gasteiger charge is -2.27. The molecular weight excluding hydrogens is 297 g/mol. The molecule has 0 radical (unpaired) electrons. The molecule has 0 unspecified atom stereocenters. The van der Waals surface area contributed by atoms with Crippen LogP contribution in [-0.2, 0) is 14.8 Å². The zero-order valence-corrected chi connectivity index (χ0v) is 12.2.